The second-order valence-electron chi connectivity index (χ2n) is 14.3. The van der Waals surface area contributed by atoms with Crippen LogP contribution in [-0.2, 0) is 10.6 Å². The molecule has 0 spiro atoms. The molecule has 0 fully saturated rings. The summed E-state index contributed by atoms with van der Waals surface area (Å²) >= 11 is 1.36. The topological polar surface area (TPSA) is 19.1 Å². The van der Waals surface area contributed by atoms with Gasteiger partial charge in [-0.1, -0.05) is 135 Å². The van der Waals surface area contributed by atoms with Gasteiger partial charge in [0.25, 0.3) is 0 Å². The summed E-state index contributed by atoms with van der Waals surface area (Å²) in [4.78, 5) is 2.62. The van der Waals surface area contributed by atoms with Gasteiger partial charge in [-0.15, -0.1) is 0 Å². The van der Waals surface area contributed by atoms with Crippen LogP contribution in [-0.4, -0.2) is 21.3 Å². The maximum absolute atomic E-state index is 4.46. The zero-order valence-electron chi connectivity index (χ0n) is 31.9. The predicted molar refractivity (Wildman–Crippen MR) is 244 cm³/mol. The molecule has 0 bridgehead atoms. The summed E-state index contributed by atoms with van der Waals surface area (Å²) in [5.74, 6) is 0.421. The van der Waals surface area contributed by atoms with Crippen LogP contribution in [0.2, 0.25) is 0 Å². The van der Waals surface area contributed by atoms with Crippen molar-refractivity contribution < 1.29 is 4.18 Å². The standard InChI is InChI=1S/C49H38N2S.C2H6OS/c1-3-4-5-6-8-13-35-19-24-43(25-20-35)52(44-26-22-37(23-27-44)36-14-9-7-10-15-36)50-46-30-39-17-12-11-16-38(39)28-41(46)32-48(50)49-33-42-29-45-34(2)18-21-40(45)31-47(42)51(49)52;1-3-4-2/h3-12,14-34H,1,13H2,2H3;1-2H3/b5-4-,8-6-;. The Kier molecular flexibility index (Phi) is 9.68. The van der Waals surface area contributed by atoms with Crippen molar-refractivity contribution in [3.05, 3.63) is 199 Å². The van der Waals surface area contributed by atoms with Gasteiger partial charge in [-0.2, -0.15) is 0 Å². The molecule has 10 rings (SSSR count). The minimum absolute atomic E-state index is 0.421. The van der Waals surface area contributed by atoms with Gasteiger partial charge >= 0.3 is 0 Å². The van der Waals surface area contributed by atoms with E-state index in [1.807, 2.05) is 24.5 Å². The highest BCUT2D eigenvalue weighted by molar-refractivity contribution is 8.32. The molecule has 2 aliphatic rings. The van der Waals surface area contributed by atoms with E-state index in [2.05, 4.69) is 189 Å². The van der Waals surface area contributed by atoms with E-state index in [1.54, 1.807) is 7.11 Å². The van der Waals surface area contributed by atoms with E-state index in [0.29, 0.717) is 5.92 Å². The quantitative estimate of drug-likeness (QED) is 0.113. The summed E-state index contributed by atoms with van der Waals surface area (Å²) in [6.07, 6.45) is 17.5. The van der Waals surface area contributed by atoms with E-state index in [9.17, 15) is 0 Å². The number of nitrogens with zero attached hydrogens (tertiary/aromatic N) is 2. The first-order valence-electron chi connectivity index (χ1n) is 19.1. The van der Waals surface area contributed by atoms with Crippen LogP contribution < -0.4 is 0 Å². The Labute approximate surface area is 335 Å². The highest BCUT2D eigenvalue weighted by atomic mass is 32.3. The van der Waals surface area contributed by atoms with E-state index in [0.717, 1.165) is 6.42 Å². The molecule has 0 saturated heterocycles. The van der Waals surface area contributed by atoms with Crippen molar-refractivity contribution in [2.45, 2.75) is 29.1 Å². The predicted octanol–water partition coefficient (Wildman–Crippen LogP) is 14.4. The van der Waals surface area contributed by atoms with Crippen LogP contribution in [0.25, 0.3) is 61.2 Å². The average molecular weight is 765 g/mol. The first-order valence-corrected chi connectivity index (χ1v) is 21.8. The molecule has 8 aromatic rings. The Hall–Kier alpha value is -5.72. The monoisotopic (exact) mass is 764 g/mol. The number of hydrogen-bond donors (Lipinski definition) is 0. The number of hydrogen-bond acceptors (Lipinski definition) is 2. The molecule has 276 valence electrons. The molecule has 2 aromatic heterocycles. The Bertz CT molecular complexity index is 2820. The van der Waals surface area contributed by atoms with Gasteiger partial charge in [-0.05, 0) is 134 Å². The van der Waals surface area contributed by atoms with Crippen molar-refractivity contribution >= 4 is 61.1 Å². The summed E-state index contributed by atoms with van der Waals surface area (Å²) in [7, 11) is -0.439. The molecule has 1 aliphatic heterocycles. The van der Waals surface area contributed by atoms with Crippen LogP contribution in [0.5, 0.6) is 0 Å². The van der Waals surface area contributed by atoms with Crippen molar-refractivity contribution in [2.24, 2.45) is 0 Å². The number of benzene rings is 6. The molecule has 1 aliphatic carbocycles. The SMILES string of the molecule is C=C/C=C\C=C/Cc1ccc(S2(c3ccc(-c4ccccc4)cc3)n3c(cc4cc5c(cc43)C=CC5C)-c3cc4cc5ccccc5cc4n32)cc1.COSC. The fraction of sp³-hybridized carbons (Fsp3) is 0.0980. The molecule has 2 unspecified atom stereocenters. The van der Waals surface area contributed by atoms with Crippen molar-refractivity contribution in [3.63, 3.8) is 0 Å². The lowest BCUT2D eigenvalue weighted by Gasteiger charge is -2.42. The van der Waals surface area contributed by atoms with Gasteiger partial charge < -0.3 is 4.18 Å². The van der Waals surface area contributed by atoms with Crippen LogP contribution in [0.4, 0.5) is 0 Å². The van der Waals surface area contributed by atoms with Crippen molar-refractivity contribution in [2.75, 3.05) is 13.4 Å². The van der Waals surface area contributed by atoms with Crippen LogP contribution in [0.3, 0.4) is 0 Å². The van der Waals surface area contributed by atoms with Gasteiger partial charge in [0.05, 0.1) is 29.5 Å². The Morgan fingerprint density at radius 1 is 0.661 bits per heavy atom. The number of aromatic nitrogens is 2. The minimum atomic E-state index is -2.08. The van der Waals surface area contributed by atoms with Crippen LogP contribution in [0, 0.1) is 0 Å². The van der Waals surface area contributed by atoms with Crippen LogP contribution in [0.15, 0.2) is 192 Å². The lowest BCUT2D eigenvalue weighted by atomic mass is 10.0. The van der Waals surface area contributed by atoms with Gasteiger partial charge in [-0.3, -0.25) is 7.94 Å². The average Bonchev–Trinajstić information content (AvgIpc) is 3.98. The summed E-state index contributed by atoms with van der Waals surface area (Å²) in [6.45, 7) is 6.09. The molecule has 6 aromatic carbocycles. The van der Waals surface area contributed by atoms with Crippen LogP contribution >= 0.6 is 22.4 Å². The maximum Gasteiger partial charge on any atom is 0.0785 e. The second kappa shape index (κ2) is 15.1. The lowest BCUT2D eigenvalue weighted by Crippen LogP contribution is -2.16. The van der Waals surface area contributed by atoms with Crippen LogP contribution in [0.1, 0.15) is 29.5 Å². The largest absolute Gasteiger partial charge is 0.319 e. The smallest absolute Gasteiger partial charge is 0.0785 e. The number of fused-ring (bicyclic) bond motifs is 9. The first kappa shape index (κ1) is 35.9. The van der Waals surface area contributed by atoms with Gasteiger partial charge in [0.1, 0.15) is 0 Å². The van der Waals surface area contributed by atoms with Crippen molar-refractivity contribution in [1.82, 2.24) is 7.94 Å². The fourth-order valence-corrected chi connectivity index (χ4v) is 12.4. The highest BCUT2D eigenvalue weighted by Crippen LogP contribution is 2.72. The normalized spacial score (nSPS) is 17.9. The van der Waals surface area contributed by atoms with E-state index < -0.39 is 10.4 Å². The van der Waals surface area contributed by atoms with E-state index in [4.69, 9.17) is 0 Å². The molecule has 0 saturated carbocycles. The zero-order valence-corrected chi connectivity index (χ0v) is 33.6. The summed E-state index contributed by atoms with van der Waals surface area (Å²) < 4.78 is 9.89. The Balaban J connectivity index is 0.000000980. The molecule has 0 radical (unpaired) electrons. The second-order valence-corrected chi connectivity index (χ2v) is 17.7. The van der Waals surface area contributed by atoms with E-state index in [-0.39, 0.29) is 0 Å². The van der Waals surface area contributed by atoms with Crippen molar-refractivity contribution in [3.8, 4) is 22.5 Å². The lowest BCUT2D eigenvalue weighted by molar-refractivity contribution is 0.493. The maximum atomic E-state index is 4.46. The molecule has 2 atom stereocenters. The number of allylic oxidation sites excluding steroid dienone is 6. The third kappa shape index (κ3) is 5.99. The fourth-order valence-electron chi connectivity index (χ4n) is 8.30. The van der Waals surface area contributed by atoms with E-state index in [1.165, 1.54) is 93.6 Å². The third-order valence-corrected chi connectivity index (χ3v) is 15.0. The van der Waals surface area contributed by atoms with Gasteiger partial charge in [0.15, 0.2) is 0 Å². The Morgan fingerprint density at radius 2 is 1.25 bits per heavy atom. The zero-order chi connectivity index (χ0) is 38.2. The first-order chi connectivity index (χ1) is 27.5. The highest BCUT2D eigenvalue weighted by Gasteiger charge is 2.44. The van der Waals surface area contributed by atoms with Gasteiger partial charge in [-0.25, -0.2) is 0 Å². The number of rotatable bonds is 8. The molecular formula is C51H44N2OS2. The molecule has 0 amide bonds. The summed E-state index contributed by atoms with van der Waals surface area (Å²) in [5.41, 5.74) is 11.6. The third-order valence-electron chi connectivity index (χ3n) is 11.0. The molecule has 56 heavy (non-hydrogen) atoms. The molecule has 0 N–H and O–H groups in total. The van der Waals surface area contributed by atoms with Crippen molar-refractivity contribution in [1.29, 1.82) is 0 Å². The van der Waals surface area contributed by atoms with E-state index >= 15 is 0 Å². The molecule has 5 heteroatoms. The molecule has 3 nitrogen and oxygen atoms in total. The Morgan fingerprint density at radius 3 is 1.91 bits per heavy atom. The van der Waals surface area contributed by atoms with Gasteiger partial charge in [0.2, 0.25) is 0 Å². The summed E-state index contributed by atoms with van der Waals surface area (Å²) in [5, 5.41) is 5.11. The molecule has 3 heterocycles. The van der Waals surface area contributed by atoms with Gasteiger partial charge in [0, 0.05) is 26.8 Å². The summed E-state index contributed by atoms with van der Waals surface area (Å²) in [6, 6.07) is 53.0. The minimum Gasteiger partial charge on any atom is -0.319 e. The molecular weight excluding hydrogens is 721 g/mol.